The second-order valence-corrected chi connectivity index (χ2v) is 5.09. The number of benzene rings is 1. The molecule has 7 heteroatoms. The van der Waals surface area contributed by atoms with Crippen molar-refractivity contribution in [2.45, 2.75) is 6.54 Å². The fourth-order valence-electron chi connectivity index (χ4n) is 1.87. The zero-order valence-corrected chi connectivity index (χ0v) is 11.1. The van der Waals surface area contributed by atoms with Crippen LogP contribution < -0.4 is 0 Å². The summed E-state index contributed by atoms with van der Waals surface area (Å²) in [6.45, 7) is 0.432. The van der Waals surface area contributed by atoms with Crippen LogP contribution in [0.25, 0.3) is 10.7 Å². The van der Waals surface area contributed by atoms with Gasteiger partial charge in [0.15, 0.2) is 5.82 Å². The van der Waals surface area contributed by atoms with Gasteiger partial charge in [0.1, 0.15) is 0 Å². The Morgan fingerprint density at radius 3 is 2.95 bits per heavy atom. The van der Waals surface area contributed by atoms with E-state index in [1.165, 1.54) is 0 Å². The van der Waals surface area contributed by atoms with Crippen molar-refractivity contribution < 1.29 is 9.90 Å². The highest BCUT2D eigenvalue weighted by Crippen LogP contribution is 2.22. The molecule has 0 fully saturated rings. The zero-order chi connectivity index (χ0) is 13.9. The van der Waals surface area contributed by atoms with Gasteiger partial charge in [-0.05, 0) is 39.6 Å². The Labute approximate surface area is 118 Å². The molecule has 0 unspecified atom stereocenters. The molecule has 0 aliphatic rings. The molecule has 0 saturated carbocycles. The van der Waals surface area contributed by atoms with Gasteiger partial charge < -0.3 is 5.11 Å². The molecule has 1 aromatic carbocycles. The van der Waals surface area contributed by atoms with E-state index in [1.807, 2.05) is 23.6 Å². The third kappa shape index (κ3) is 2.43. The molecule has 2 heterocycles. The van der Waals surface area contributed by atoms with Crippen LogP contribution in [0, 0.1) is 0 Å². The molecule has 0 aliphatic carbocycles. The molecular weight excluding hydrogens is 276 g/mol. The van der Waals surface area contributed by atoms with Crippen LogP contribution in [-0.4, -0.2) is 31.3 Å². The molecule has 0 amide bonds. The van der Waals surface area contributed by atoms with Crippen LogP contribution in [0.5, 0.6) is 0 Å². The maximum absolute atomic E-state index is 11.0. The van der Waals surface area contributed by atoms with Gasteiger partial charge in [0.2, 0.25) is 0 Å². The Hall–Kier alpha value is -2.54. The summed E-state index contributed by atoms with van der Waals surface area (Å²) in [6, 6.07) is 10.6. The van der Waals surface area contributed by atoms with Gasteiger partial charge in [-0.3, -0.25) is 0 Å². The van der Waals surface area contributed by atoms with Crippen molar-refractivity contribution in [3.8, 4) is 10.7 Å². The van der Waals surface area contributed by atoms with Crippen molar-refractivity contribution in [1.82, 2.24) is 20.2 Å². The van der Waals surface area contributed by atoms with E-state index in [0.717, 1.165) is 10.4 Å². The summed E-state index contributed by atoms with van der Waals surface area (Å²) in [7, 11) is 0. The molecule has 0 saturated heterocycles. The summed E-state index contributed by atoms with van der Waals surface area (Å²) in [5.74, 6) is -0.261. The summed E-state index contributed by atoms with van der Waals surface area (Å²) in [4.78, 5) is 11.9. The predicted molar refractivity (Wildman–Crippen MR) is 73.6 cm³/mol. The fraction of sp³-hybridized carbons (Fsp3) is 0.0769. The number of carboxylic acid groups (broad SMARTS) is 1. The van der Waals surface area contributed by atoms with Gasteiger partial charge in [-0.2, -0.15) is 0 Å². The van der Waals surface area contributed by atoms with E-state index in [9.17, 15) is 4.79 Å². The van der Waals surface area contributed by atoms with E-state index >= 15 is 0 Å². The second kappa shape index (κ2) is 5.22. The van der Waals surface area contributed by atoms with Gasteiger partial charge in [0.25, 0.3) is 0 Å². The summed E-state index contributed by atoms with van der Waals surface area (Å²) in [5, 5.41) is 22.6. The van der Waals surface area contributed by atoms with Crippen LogP contribution in [0.2, 0.25) is 0 Å². The predicted octanol–water partition coefficient (Wildman–Crippen LogP) is 2.15. The van der Waals surface area contributed by atoms with E-state index in [1.54, 1.807) is 34.2 Å². The Morgan fingerprint density at radius 2 is 2.20 bits per heavy atom. The number of hydrogen-bond acceptors (Lipinski definition) is 5. The first-order valence-electron chi connectivity index (χ1n) is 5.86. The quantitative estimate of drug-likeness (QED) is 0.794. The van der Waals surface area contributed by atoms with E-state index in [2.05, 4.69) is 15.5 Å². The number of carbonyl (C=O) groups is 1. The van der Waals surface area contributed by atoms with Gasteiger partial charge in [0, 0.05) is 0 Å². The average Bonchev–Trinajstić information content (AvgIpc) is 3.09. The number of nitrogens with zero attached hydrogens (tertiary/aromatic N) is 4. The SMILES string of the molecule is O=C(O)c1cccc(Cn2nnnc2-c2cccs2)c1. The molecule has 0 radical (unpaired) electrons. The van der Waals surface area contributed by atoms with Crippen molar-refractivity contribution in [1.29, 1.82) is 0 Å². The highest BCUT2D eigenvalue weighted by atomic mass is 32.1. The van der Waals surface area contributed by atoms with Crippen molar-refractivity contribution in [2.75, 3.05) is 0 Å². The molecule has 0 bridgehead atoms. The second-order valence-electron chi connectivity index (χ2n) is 4.14. The molecule has 0 spiro atoms. The standard InChI is InChI=1S/C13H10N4O2S/c18-13(19)10-4-1-3-9(7-10)8-17-12(14-15-16-17)11-5-2-6-20-11/h1-7H,8H2,(H,18,19). The number of rotatable bonds is 4. The van der Waals surface area contributed by atoms with Gasteiger partial charge in [-0.1, -0.05) is 18.2 Å². The maximum atomic E-state index is 11.0. The van der Waals surface area contributed by atoms with Crippen LogP contribution in [0.3, 0.4) is 0 Å². The zero-order valence-electron chi connectivity index (χ0n) is 10.3. The van der Waals surface area contributed by atoms with Crippen molar-refractivity contribution in [2.24, 2.45) is 0 Å². The van der Waals surface area contributed by atoms with Gasteiger partial charge in [0.05, 0.1) is 17.0 Å². The Balaban J connectivity index is 1.91. The monoisotopic (exact) mass is 286 g/mol. The lowest BCUT2D eigenvalue weighted by molar-refractivity contribution is 0.0696. The van der Waals surface area contributed by atoms with Gasteiger partial charge in [-0.25, -0.2) is 9.48 Å². The van der Waals surface area contributed by atoms with Gasteiger partial charge in [-0.15, -0.1) is 16.4 Å². The number of aromatic carboxylic acids is 1. The van der Waals surface area contributed by atoms with E-state index in [-0.39, 0.29) is 5.56 Å². The Bertz CT molecular complexity index is 736. The highest BCUT2D eigenvalue weighted by Gasteiger charge is 2.11. The summed E-state index contributed by atoms with van der Waals surface area (Å²) in [6.07, 6.45) is 0. The van der Waals surface area contributed by atoms with E-state index < -0.39 is 5.97 Å². The Morgan fingerprint density at radius 1 is 1.30 bits per heavy atom. The first-order valence-corrected chi connectivity index (χ1v) is 6.74. The molecule has 6 nitrogen and oxygen atoms in total. The van der Waals surface area contributed by atoms with Crippen molar-refractivity contribution in [3.05, 3.63) is 52.9 Å². The largest absolute Gasteiger partial charge is 0.478 e. The first-order chi connectivity index (χ1) is 9.74. The topological polar surface area (TPSA) is 80.9 Å². The molecule has 3 rings (SSSR count). The van der Waals surface area contributed by atoms with E-state index in [0.29, 0.717) is 12.4 Å². The molecule has 0 atom stereocenters. The van der Waals surface area contributed by atoms with Gasteiger partial charge >= 0.3 is 5.97 Å². The molecular formula is C13H10N4O2S. The number of hydrogen-bond donors (Lipinski definition) is 1. The minimum atomic E-state index is -0.943. The number of tetrazole rings is 1. The Kier molecular flexibility index (Phi) is 3.26. The molecule has 20 heavy (non-hydrogen) atoms. The van der Waals surface area contributed by atoms with Crippen molar-refractivity contribution in [3.63, 3.8) is 0 Å². The maximum Gasteiger partial charge on any atom is 0.335 e. The molecule has 1 N–H and O–H groups in total. The lowest BCUT2D eigenvalue weighted by Gasteiger charge is -2.04. The normalized spacial score (nSPS) is 10.6. The number of thiophene rings is 1. The minimum Gasteiger partial charge on any atom is -0.478 e. The van der Waals surface area contributed by atoms with Crippen LogP contribution in [-0.2, 0) is 6.54 Å². The number of carboxylic acids is 1. The van der Waals surface area contributed by atoms with Crippen LogP contribution in [0.15, 0.2) is 41.8 Å². The van der Waals surface area contributed by atoms with E-state index in [4.69, 9.17) is 5.11 Å². The first kappa shape index (κ1) is 12.5. The highest BCUT2D eigenvalue weighted by molar-refractivity contribution is 7.13. The molecule has 2 aromatic heterocycles. The molecule has 100 valence electrons. The minimum absolute atomic E-state index is 0.258. The third-order valence-electron chi connectivity index (χ3n) is 2.78. The van der Waals surface area contributed by atoms with Crippen molar-refractivity contribution >= 4 is 17.3 Å². The fourth-order valence-corrected chi connectivity index (χ4v) is 2.58. The average molecular weight is 286 g/mol. The lowest BCUT2D eigenvalue weighted by Crippen LogP contribution is -2.05. The molecule has 3 aromatic rings. The molecule has 0 aliphatic heterocycles. The van der Waals surface area contributed by atoms with Crippen LogP contribution >= 0.6 is 11.3 Å². The lowest BCUT2D eigenvalue weighted by atomic mass is 10.1. The summed E-state index contributed by atoms with van der Waals surface area (Å²) >= 11 is 1.56. The van der Waals surface area contributed by atoms with Crippen LogP contribution in [0.4, 0.5) is 0 Å². The summed E-state index contributed by atoms with van der Waals surface area (Å²) in [5.41, 5.74) is 1.10. The summed E-state index contributed by atoms with van der Waals surface area (Å²) < 4.78 is 1.66. The van der Waals surface area contributed by atoms with Crippen LogP contribution in [0.1, 0.15) is 15.9 Å². The third-order valence-corrected chi connectivity index (χ3v) is 3.65. The number of aromatic nitrogens is 4. The smallest absolute Gasteiger partial charge is 0.335 e.